The summed E-state index contributed by atoms with van der Waals surface area (Å²) in [4.78, 5) is 32.4. The molecule has 0 bridgehead atoms. The molecular weight excluding hydrogens is 539 g/mol. The zero-order valence-corrected chi connectivity index (χ0v) is 21.2. The van der Waals surface area contributed by atoms with Crippen molar-refractivity contribution in [2.45, 2.75) is 6.18 Å². The number of halogens is 4. The molecule has 14 heteroatoms. The second kappa shape index (κ2) is 10.9. The van der Waals surface area contributed by atoms with Gasteiger partial charge in [-0.15, -0.1) is 0 Å². The van der Waals surface area contributed by atoms with Crippen LogP contribution in [0.25, 0.3) is 11.0 Å². The van der Waals surface area contributed by atoms with Gasteiger partial charge in [0.1, 0.15) is 23.1 Å². The number of amides is 1. The minimum Gasteiger partial charge on any atom is -0.496 e. The van der Waals surface area contributed by atoms with Gasteiger partial charge < -0.3 is 25.0 Å². The molecule has 0 aliphatic carbocycles. The fourth-order valence-electron chi connectivity index (χ4n) is 3.95. The van der Waals surface area contributed by atoms with Crippen molar-refractivity contribution in [3.8, 4) is 5.75 Å². The Labute approximate surface area is 225 Å². The second-order valence-corrected chi connectivity index (χ2v) is 8.82. The number of morpholine rings is 1. The molecule has 1 amide bonds. The Morgan fingerprint density at radius 2 is 1.90 bits per heavy atom. The molecule has 2 aromatic heterocycles. The lowest BCUT2D eigenvalue weighted by Gasteiger charge is -2.26. The molecule has 2 N–H and O–H groups in total. The molecule has 1 fully saturated rings. The van der Waals surface area contributed by atoms with Crippen LogP contribution in [0.1, 0.15) is 15.9 Å². The van der Waals surface area contributed by atoms with Crippen LogP contribution in [0.2, 0.25) is 5.02 Å². The lowest BCUT2D eigenvalue weighted by molar-refractivity contribution is -0.138. The highest BCUT2D eigenvalue weighted by Gasteiger charge is 2.34. The number of hydrogen-bond donors (Lipinski definition) is 2. The van der Waals surface area contributed by atoms with Crippen LogP contribution in [0.4, 0.5) is 36.3 Å². The number of hydrogen-bond acceptors (Lipinski definition) is 9. The number of nitrogens with zero attached hydrogens (tertiary/aromatic N) is 5. The third-order valence-electron chi connectivity index (χ3n) is 5.90. The Bertz CT molecular complexity index is 1530. The van der Waals surface area contributed by atoms with Gasteiger partial charge in [-0.25, -0.2) is 19.9 Å². The van der Waals surface area contributed by atoms with Crippen molar-refractivity contribution >= 4 is 51.7 Å². The van der Waals surface area contributed by atoms with Gasteiger partial charge in [0.2, 0.25) is 5.95 Å². The Morgan fingerprint density at radius 1 is 1.10 bits per heavy atom. The van der Waals surface area contributed by atoms with Crippen molar-refractivity contribution < 1.29 is 27.4 Å². The number of rotatable bonds is 6. The summed E-state index contributed by atoms with van der Waals surface area (Å²) in [5, 5.41) is 5.85. The number of carbonyl (C=O) groups excluding carboxylic acids is 1. The van der Waals surface area contributed by atoms with Gasteiger partial charge in [0.15, 0.2) is 5.82 Å². The van der Waals surface area contributed by atoms with E-state index in [1.54, 1.807) is 6.20 Å². The van der Waals surface area contributed by atoms with E-state index in [1.807, 2.05) is 4.90 Å². The number of benzene rings is 2. The molecule has 0 spiro atoms. The van der Waals surface area contributed by atoms with Crippen LogP contribution in [0, 0.1) is 0 Å². The van der Waals surface area contributed by atoms with E-state index >= 15 is 0 Å². The lowest BCUT2D eigenvalue weighted by Crippen LogP contribution is -2.37. The molecule has 2 aromatic carbocycles. The first-order valence-corrected chi connectivity index (χ1v) is 12.0. The summed E-state index contributed by atoms with van der Waals surface area (Å²) in [5.41, 5.74) is 0.365. The number of nitrogens with one attached hydrogen (secondary N) is 2. The van der Waals surface area contributed by atoms with Gasteiger partial charge in [-0.05, 0) is 36.4 Å². The first-order valence-electron chi connectivity index (χ1n) is 11.7. The summed E-state index contributed by atoms with van der Waals surface area (Å²) in [7, 11) is 1.14. The van der Waals surface area contributed by atoms with Crippen LogP contribution in [-0.4, -0.2) is 59.3 Å². The quantitative estimate of drug-likeness (QED) is 0.339. The van der Waals surface area contributed by atoms with Crippen LogP contribution >= 0.6 is 11.6 Å². The normalized spacial score (nSPS) is 13.8. The van der Waals surface area contributed by atoms with Gasteiger partial charge in [-0.2, -0.15) is 13.2 Å². The standard InChI is InChI=1S/C25H21ClF3N7O3/c1-38-20-5-3-15(11-16(20)25(27,28)29)33-23(37)14-2-4-17(26)18(10-14)34-22-21-19(31-13-32-22)12-30-24(35-21)36-6-8-39-9-7-36/h2-5,10-13H,6-9H2,1H3,(H,33,37)(H,31,32,34). The van der Waals surface area contributed by atoms with Crippen LogP contribution in [-0.2, 0) is 10.9 Å². The number of aromatic nitrogens is 4. The van der Waals surface area contributed by atoms with Gasteiger partial charge in [0.25, 0.3) is 5.91 Å². The van der Waals surface area contributed by atoms with E-state index in [1.165, 1.54) is 30.6 Å². The second-order valence-electron chi connectivity index (χ2n) is 8.41. The van der Waals surface area contributed by atoms with Crippen molar-refractivity contribution in [1.82, 2.24) is 19.9 Å². The predicted molar refractivity (Wildman–Crippen MR) is 139 cm³/mol. The third-order valence-corrected chi connectivity index (χ3v) is 6.23. The molecule has 1 aliphatic rings. The zero-order valence-electron chi connectivity index (χ0n) is 20.4. The Hall–Kier alpha value is -4.23. The lowest BCUT2D eigenvalue weighted by atomic mass is 10.1. The summed E-state index contributed by atoms with van der Waals surface area (Å²) >= 11 is 6.39. The molecule has 0 unspecified atom stereocenters. The van der Waals surface area contributed by atoms with Crippen molar-refractivity contribution in [1.29, 1.82) is 0 Å². The van der Waals surface area contributed by atoms with Crippen molar-refractivity contribution in [2.75, 3.05) is 48.9 Å². The molecule has 39 heavy (non-hydrogen) atoms. The maximum absolute atomic E-state index is 13.4. The molecule has 1 saturated heterocycles. The van der Waals surface area contributed by atoms with E-state index in [9.17, 15) is 18.0 Å². The number of alkyl halides is 3. The molecule has 0 atom stereocenters. The van der Waals surface area contributed by atoms with Crippen LogP contribution in [0.15, 0.2) is 48.9 Å². The van der Waals surface area contributed by atoms with Crippen LogP contribution in [0.3, 0.4) is 0 Å². The molecule has 3 heterocycles. The molecule has 1 aliphatic heterocycles. The van der Waals surface area contributed by atoms with E-state index in [4.69, 9.17) is 21.1 Å². The molecule has 4 aromatic rings. The average Bonchev–Trinajstić information content (AvgIpc) is 2.94. The average molecular weight is 560 g/mol. The van der Waals surface area contributed by atoms with Crippen LogP contribution < -0.4 is 20.3 Å². The van der Waals surface area contributed by atoms with Crippen molar-refractivity contribution in [2.24, 2.45) is 0 Å². The van der Waals surface area contributed by atoms with E-state index in [0.717, 1.165) is 19.2 Å². The topological polar surface area (TPSA) is 114 Å². The monoisotopic (exact) mass is 559 g/mol. The highest BCUT2D eigenvalue weighted by molar-refractivity contribution is 6.33. The summed E-state index contributed by atoms with van der Waals surface area (Å²) in [6.07, 6.45) is -1.72. The molecule has 0 radical (unpaired) electrons. The predicted octanol–water partition coefficient (Wildman–Crippen LogP) is 4.93. The molecule has 202 valence electrons. The number of anilines is 4. The molecular formula is C25H21ClF3N7O3. The number of fused-ring (bicyclic) bond motifs is 1. The highest BCUT2D eigenvalue weighted by atomic mass is 35.5. The van der Waals surface area contributed by atoms with Gasteiger partial charge in [0.05, 0.1) is 42.8 Å². The summed E-state index contributed by atoms with van der Waals surface area (Å²) in [6, 6.07) is 7.67. The number of ether oxygens (including phenoxy) is 2. The van der Waals surface area contributed by atoms with Gasteiger partial charge in [0, 0.05) is 24.3 Å². The highest BCUT2D eigenvalue weighted by Crippen LogP contribution is 2.38. The van der Waals surface area contributed by atoms with Gasteiger partial charge >= 0.3 is 6.18 Å². The first-order chi connectivity index (χ1) is 18.7. The maximum Gasteiger partial charge on any atom is 0.420 e. The molecule has 10 nitrogen and oxygen atoms in total. The zero-order chi connectivity index (χ0) is 27.6. The SMILES string of the molecule is COc1ccc(NC(=O)c2ccc(Cl)c(Nc3ncnc4cnc(N5CCOCC5)nc34)c2)cc1C(F)(F)F. The fourth-order valence-corrected chi connectivity index (χ4v) is 4.12. The number of carbonyl (C=O) groups is 1. The largest absolute Gasteiger partial charge is 0.496 e. The Morgan fingerprint density at radius 3 is 2.64 bits per heavy atom. The maximum atomic E-state index is 13.4. The van der Waals surface area contributed by atoms with Crippen molar-refractivity contribution in [3.05, 3.63) is 65.1 Å². The number of methoxy groups -OCH3 is 1. The summed E-state index contributed by atoms with van der Waals surface area (Å²) in [6.45, 7) is 2.42. The Balaban J connectivity index is 1.41. The van der Waals surface area contributed by atoms with Crippen LogP contribution in [0.5, 0.6) is 5.75 Å². The summed E-state index contributed by atoms with van der Waals surface area (Å²) in [5.74, 6) is -0.157. The van der Waals surface area contributed by atoms with Crippen molar-refractivity contribution in [3.63, 3.8) is 0 Å². The Kier molecular flexibility index (Phi) is 7.35. The van der Waals surface area contributed by atoms with Gasteiger partial charge in [-0.1, -0.05) is 11.6 Å². The van der Waals surface area contributed by atoms with E-state index in [2.05, 4.69) is 30.6 Å². The van der Waals surface area contributed by atoms with E-state index in [0.29, 0.717) is 54.8 Å². The minimum absolute atomic E-state index is 0.0493. The smallest absolute Gasteiger partial charge is 0.420 e. The van der Waals surface area contributed by atoms with E-state index < -0.39 is 17.6 Å². The third kappa shape index (κ3) is 5.78. The van der Waals surface area contributed by atoms with E-state index in [-0.39, 0.29) is 22.0 Å². The molecule has 5 rings (SSSR count). The summed E-state index contributed by atoms with van der Waals surface area (Å²) < 4.78 is 50.3. The minimum atomic E-state index is -4.66. The molecule has 0 saturated carbocycles. The first kappa shape index (κ1) is 26.4. The van der Waals surface area contributed by atoms with Gasteiger partial charge in [-0.3, -0.25) is 4.79 Å². The fraction of sp³-hybridized carbons (Fsp3) is 0.240.